The van der Waals surface area contributed by atoms with E-state index in [0.717, 1.165) is 11.1 Å². The van der Waals surface area contributed by atoms with Gasteiger partial charge in [0.25, 0.3) is 5.91 Å². The lowest BCUT2D eigenvalue weighted by molar-refractivity contribution is -0.143. The number of benzene rings is 2. The Morgan fingerprint density at radius 1 is 1.21 bits per heavy atom. The lowest BCUT2D eigenvalue weighted by Gasteiger charge is -2.46. The Kier molecular flexibility index (Phi) is 6.35. The van der Waals surface area contributed by atoms with Crippen molar-refractivity contribution in [3.63, 3.8) is 0 Å². The van der Waals surface area contributed by atoms with Crippen molar-refractivity contribution in [2.24, 2.45) is 11.7 Å². The van der Waals surface area contributed by atoms with Crippen molar-refractivity contribution >= 4 is 11.8 Å². The first-order chi connectivity index (χ1) is 13.8. The van der Waals surface area contributed by atoms with E-state index in [1.54, 1.807) is 11.0 Å². The topological polar surface area (TPSA) is 87.5 Å². The van der Waals surface area contributed by atoms with Crippen LogP contribution in [0, 0.1) is 5.92 Å². The summed E-state index contributed by atoms with van der Waals surface area (Å²) in [6.07, 6.45) is -0.158. The van der Waals surface area contributed by atoms with Crippen LogP contribution >= 0.6 is 0 Å². The number of hydrogen-bond acceptors (Lipinski definition) is 4. The molecule has 1 heterocycles. The minimum atomic E-state index is -0.556. The van der Waals surface area contributed by atoms with Gasteiger partial charge in [0.05, 0.1) is 0 Å². The molecule has 0 radical (unpaired) electrons. The molecule has 0 bridgehead atoms. The van der Waals surface area contributed by atoms with E-state index in [1.807, 2.05) is 55.5 Å². The molecule has 0 aliphatic carbocycles. The molecule has 154 valence electrons. The Hall–Kier alpha value is -2.70. The first-order valence-corrected chi connectivity index (χ1v) is 10.0. The van der Waals surface area contributed by atoms with E-state index in [1.165, 1.54) is 0 Å². The standard InChI is InChI=1S/C23H30N4O2/c1-16(2)23(3)13-20(28)27(22(24)26-23)15-18-10-7-11-19(12-18)21(29)25-14-17-8-5-4-6-9-17/h4-12,16,22,26H,13-15,24H2,1-3H3,(H,25,29). The van der Waals surface area contributed by atoms with Crippen molar-refractivity contribution in [1.29, 1.82) is 0 Å². The summed E-state index contributed by atoms with van der Waals surface area (Å²) in [5, 5.41) is 6.30. The number of nitrogens with zero attached hydrogens (tertiary/aromatic N) is 1. The zero-order chi connectivity index (χ0) is 21.0. The van der Waals surface area contributed by atoms with E-state index in [2.05, 4.69) is 24.5 Å². The van der Waals surface area contributed by atoms with Crippen LogP contribution in [0.5, 0.6) is 0 Å². The van der Waals surface area contributed by atoms with Crippen LogP contribution < -0.4 is 16.4 Å². The van der Waals surface area contributed by atoms with Crippen LogP contribution in [0.25, 0.3) is 0 Å². The molecule has 0 aromatic heterocycles. The zero-order valence-corrected chi connectivity index (χ0v) is 17.3. The molecule has 4 N–H and O–H groups in total. The Labute approximate surface area is 172 Å². The molecule has 1 fully saturated rings. The average Bonchev–Trinajstić information content (AvgIpc) is 2.70. The molecule has 1 aliphatic rings. The smallest absolute Gasteiger partial charge is 0.251 e. The van der Waals surface area contributed by atoms with Crippen molar-refractivity contribution in [2.75, 3.05) is 0 Å². The highest BCUT2D eigenvalue weighted by molar-refractivity contribution is 5.94. The summed E-state index contributed by atoms with van der Waals surface area (Å²) < 4.78 is 0. The molecule has 6 nitrogen and oxygen atoms in total. The summed E-state index contributed by atoms with van der Waals surface area (Å²) in [7, 11) is 0. The van der Waals surface area contributed by atoms with Gasteiger partial charge in [0, 0.05) is 30.6 Å². The molecular weight excluding hydrogens is 364 g/mol. The molecule has 29 heavy (non-hydrogen) atoms. The highest BCUT2D eigenvalue weighted by Crippen LogP contribution is 2.27. The molecule has 2 atom stereocenters. The van der Waals surface area contributed by atoms with Gasteiger partial charge >= 0.3 is 0 Å². The Bertz CT molecular complexity index is 868. The van der Waals surface area contributed by atoms with E-state index in [-0.39, 0.29) is 23.3 Å². The molecule has 6 heteroatoms. The second-order valence-corrected chi connectivity index (χ2v) is 8.23. The molecule has 2 unspecified atom stereocenters. The van der Waals surface area contributed by atoms with Crippen LogP contribution in [0.2, 0.25) is 0 Å². The first kappa shape index (κ1) is 21.0. The van der Waals surface area contributed by atoms with Crippen molar-refractivity contribution < 1.29 is 9.59 Å². The molecule has 2 aromatic rings. The SMILES string of the molecule is CC(C)C1(C)CC(=O)N(Cc2cccc(C(=O)NCc3ccccc3)c2)C(N)N1. The third kappa shape index (κ3) is 5.02. The van der Waals surface area contributed by atoms with Crippen LogP contribution in [0.3, 0.4) is 0 Å². The fourth-order valence-corrected chi connectivity index (χ4v) is 3.48. The van der Waals surface area contributed by atoms with Gasteiger partial charge in [-0.25, -0.2) is 0 Å². The van der Waals surface area contributed by atoms with Gasteiger partial charge in [0.15, 0.2) is 0 Å². The molecular formula is C23H30N4O2. The Morgan fingerprint density at radius 2 is 1.90 bits per heavy atom. The molecule has 1 saturated heterocycles. The minimum absolute atomic E-state index is 0.0198. The largest absolute Gasteiger partial charge is 0.348 e. The van der Waals surface area contributed by atoms with Crippen molar-refractivity contribution in [3.05, 3.63) is 71.3 Å². The quantitative estimate of drug-likeness (QED) is 0.703. The number of carbonyl (C=O) groups is 2. The third-order valence-corrected chi connectivity index (χ3v) is 5.76. The van der Waals surface area contributed by atoms with Crippen LogP contribution in [-0.4, -0.2) is 28.5 Å². The van der Waals surface area contributed by atoms with Crippen LogP contribution in [0.1, 0.15) is 48.7 Å². The van der Waals surface area contributed by atoms with Gasteiger partial charge in [-0.2, -0.15) is 0 Å². The molecule has 3 rings (SSSR count). The van der Waals surface area contributed by atoms with Gasteiger partial charge < -0.3 is 10.2 Å². The predicted octanol–water partition coefficient (Wildman–Crippen LogP) is 2.60. The summed E-state index contributed by atoms with van der Waals surface area (Å²) in [5.41, 5.74) is 8.42. The second-order valence-electron chi connectivity index (χ2n) is 8.23. The molecule has 0 spiro atoms. The van der Waals surface area contributed by atoms with Crippen molar-refractivity contribution in [3.8, 4) is 0 Å². The third-order valence-electron chi connectivity index (χ3n) is 5.76. The van der Waals surface area contributed by atoms with Gasteiger partial charge in [-0.15, -0.1) is 0 Å². The molecule has 0 saturated carbocycles. The highest BCUT2D eigenvalue weighted by Gasteiger charge is 2.40. The summed E-state index contributed by atoms with van der Waals surface area (Å²) in [6.45, 7) is 7.03. The van der Waals surface area contributed by atoms with Crippen LogP contribution in [0.4, 0.5) is 0 Å². The van der Waals surface area contributed by atoms with E-state index in [4.69, 9.17) is 5.73 Å². The lowest BCUT2D eigenvalue weighted by Crippen LogP contribution is -2.68. The first-order valence-electron chi connectivity index (χ1n) is 10.0. The number of amides is 2. The zero-order valence-electron chi connectivity index (χ0n) is 17.3. The normalized spacial score (nSPS) is 22.0. The number of rotatable bonds is 6. The van der Waals surface area contributed by atoms with E-state index in [9.17, 15) is 9.59 Å². The maximum absolute atomic E-state index is 12.7. The fraction of sp³-hybridized carbons (Fsp3) is 0.391. The minimum Gasteiger partial charge on any atom is -0.348 e. The van der Waals surface area contributed by atoms with Gasteiger partial charge in [-0.05, 0) is 36.1 Å². The molecule has 2 aromatic carbocycles. The van der Waals surface area contributed by atoms with Crippen molar-refractivity contribution in [2.45, 2.75) is 52.1 Å². The van der Waals surface area contributed by atoms with Crippen molar-refractivity contribution in [1.82, 2.24) is 15.5 Å². The van der Waals surface area contributed by atoms with Gasteiger partial charge in [-0.3, -0.25) is 20.6 Å². The molecule has 2 amide bonds. The summed E-state index contributed by atoms with van der Waals surface area (Å²) >= 11 is 0. The summed E-state index contributed by atoms with van der Waals surface area (Å²) in [6, 6.07) is 17.1. The predicted molar refractivity (Wildman–Crippen MR) is 114 cm³/mol. The molecule has 1 aliphatic heterocycles. The lowest BCUT2D eigenvalue weighted by atomic mass is 9.83. The maximum Gasteiger partial charge on any atom is 0.251 e. The number of nitrogens with one attached hydrogen (secondary N) is 2. The van der Waals surface area contributed by atoms with Crippen LogP contribution in [-0.2, 0) is 17.9 Å². The summed E-state index contributed by atoms with van der Waals surface area (Å²) in [4.78, 5) is 26.9. The number of carbonyl (C=O) groups excluding carboxylic acids is 2. The number of nitrogens with two attached hydrogens (primary N) is 1. The monoisotopic (exact) mass is 394 g/mol. The van der Waals surface area contributed by atoms with Gasteiger partial charge in [-0.1, -0.05) is 56.3 Å². The number of hydrogen-bond donors (Lipinski definition) is 3. The summed E-state index contributed by atoms with van der Waals surface area (Å²) in [5.74, 6) is 0.165. The Morgan fingerprint density at radius 3 is 2.55 bits per heavy atom. The maximum atomic E-state index is 12.7. The fourth-order valence-electron chi connectivity index (χ4n) is 3.48. The van der Waals surface area contributed by atoms with Crippen LogP contribution in [0.15, 0.2) is 54.6 Å². The van der Waals surface area contributed by atoms with E-state index >= 15 is 0 Å². The van der Waals surface area contributed by atoms with E-state index in [0.29, 0.717) is 25.1 Å². The highest BCUT2D eigenvalue weighted by atomic mass is 16.2. The van der Waals surface area contributed by atoms with Gasteiger partial charge in [0.2, 0.25) is 5.91 Å². The Balaban J connectivity index is 1.65. The van der Waals surface area contributed by atoms with E-state index < -0.39 is 6.29 Å². The van der Waals surface area contributed by atoms with Gasteiger partial charge in [0.1, 0.15) is 6.29 Å². The second kappa shape index (κ2) is 8.76. The average molecular weight is 395 g/mol.